The van der Waals surface area contributed by atoms with E-state index in [4.69, 9.17) is 4.98 Å². The van der Waals surface area contributed by atoms with Crippen LogP contribution in [0.25, 0.3) is 22.4 Å². The van der Waals surface area contributed by atoms with E-state index in [2.05, 4.69) is 17.6 Å². The molecule has 6 nitrogen and oxygen atoms in total. The van der Waals surface area contributed by atoms with Crippen molar-refractivity contribution in [3.05, 3.63) is 76.7 Å². The fraction of sp³-hybridized carbons (Fsp3) is 0.310. The number of pyridine rings is 1. The van der Waals surface area contributed by atoms with Crippen molar-refractivity contribution in [2.75, 3.05) is 6.16 Å². The maximum absolute atomic E-state index is 13.8. The Morgan fingerprint density at radius 2 is 1.79 bits per heavy atom. The van der Waals surface area contributed by atoms with Crippen molar-refractivity contribution >= 4 is 13.3 Å². The molecule has 0 fully saturated rings. The van der Waals surface area contributed by atoms with E-state index in [0.29, 0.717) is 28.8 Å². The van der Waals surface area contributed by atoms with E-state index in [1.165, 1.54) is 17.7 Å². The van der Waals surface area contributed by atoms with Gasteiger partial charge in [-0.1, -0.05) is 56.2 Å². The fourth-order valence-corrected chi connectivity index (χ4v) is 5.79. The smallest absolute Gasteiger partial charge is 0.790 e. The van der Waals surface area contributed by atoms with Gasteiger partial charge in [0, 0.05) is 29.7 Å². The van der Waals surface area contributed by atoms with Gasteiger partial charge in [0.1, 0.15) is 5.82 Å². The molecule has 1 aromatic heterocycles. The number of aliphatic carboxylic acids is 1. The molecule has 0 bridgehead atoms. The number of carbonyl (C=O) groups is 1. The zero-order valence-electron chi connectivity index (χ0n) is 22.7. The second-order valence-corrected chi connectivity index (χ2v) is 11.5. The van der Waals surface area contributed by atoms with Crippen LogP contribution in [0, 0.1) is 17.4 Å². The first kappa shape index (κ1) is 33.9. The maximum Gasteiger partial charge on any atom is 1.00 e. The average Bonchev–Trinajstić information content (AvgIpc) is 3.01. The van der Waals surface area contributed by atoms with Gasteiger partial charge in [-0.15, -0.1) is 0 Å². The van der Waals surface area contributed by atoms with E-state index in [1.807, 2.05) is 32.0 Å². The van der Waals surface area contributed by atoms with Crippen molar-refractivity contribution in [1.29, 1.82) is 0 Å². The second-order valence-electron chi connectivity index (χ2n) is 9.57. The zero-order chi connectivity index (χ0) is 26.7. The Morgan fingerprint density at radius 3 is 2.44 bits per heavy atom. The van der Waals surface area contributed by atoms with Gasteiger partial charge in [0.05, 0.1) is 30.4 Å². The molecule has 3 aromatic rings. The maximum atomic E-state index is 13.8. The standard InChI is InChI=1S/C29H29FNO5P.2Na/c1-18(2)28-25(14-15-37(35,36)17-22(32)16-26(33)34)27(20-10-12-21(30)13-11-20)24-9-5-7-19-6-3-4-8-23(19)29(24)31-28;;/h3-4,6,8,10-13,18,22,32H,5,7,9,16-17H2,1-2H3,(H,33,34)(H,35,36);;/q;2*+1/p-2/t22-;;/m1../s1. The van der Waals surface area contributed by atoms with Gasteiger partial charge in [-0.2, -0.15) is 0 Å². The summed E-state index contributed by atoms with van der Waals surface area (Å²) in [6.07, 6.45) is -0.835. The summed E-state index contributed by atoms with van der Waals surface area (Å²) < 4.78 is 26.5. The molecular formula is C29H27FNNa2O5P. The minimum Gasteiger partial charge on any atom is -0.790 e. The number of benzene rings is 2. The number of rotatable bonds is 6. The summed E-state index contributed by atoms with van der Waals surface area (Å²) in [4.78, 5) is 28.4. The van der Waals surface area contributed by atoms with E-state index < -0.39 is 37.8 Å². The Bertz CT molecular complexity index is 1450. The molecule has 1 N–H and O–H groups in total. The van der Waals surface area contributed by atoms with Gasteiger partial charge in [0.25, 0.3) is 0 Å². The summed E-state index contributed by atoms with van der Waals surface area (Å²) in [6.45, 7) is 3.88. The third-order valence-electron chi connectivity index (χ3n) is 6.36. The molecule has 39 heavy (non-hydrogen) atoms. The minimum absolute atomic E-state index is 0. The van der Waals surface area contributed by atoms with Crippen LogP contribution in [0.5, 0.6) is 0 Å². The molecule has 0 saturated carbocycles. The van der Waals surface area contributed by atoms with Gasteiger partial charge in [-0.25, -0.2) is 4.39 Å². The minimum atomic E-state index is -4.47. The van der Waals surface area contributed by atoms with Crippen LogP contribution in [0.15, 0.2) is 48.5 Å². The molecule has 192 valence electrons. The summed E-state index contributed by atoms with van der Waals surface area (Å²) >= 11 is 0. The quantitative estimate of drug-likeness (QED) is 0.203. The number of aromatic nitrogens is 1. The molecule has 0 spiro atoms. The summed E-state index contributed by atoms with van der Waals surface area (Å²) in [5.41, 5.74) is 8.69. The van der Waals surface area contributed by atoms with Crippen LogP contribution in [0.2, 0.25) is 0 Å². The summed E-state index contributed by atoms with van der Waals surface area (Å²) in [7, 11) is -4.47. The molecule has 0 amide bonds. The monoisotopic (exact) mass is 565 g/mol. The number of carboxylic acids is 1. The Balaban J connectivity index is 0.00000267. The number of hydrogen-bond donors (Lipinski definition) is 1. The largest absolute Gasteiger partial charge is 1.00 e. The van der Waals surface area contributed by atoms with Crippen molar-refractivity contribution in [1.82, 2.24) is 4.98 Å². The summed E-state index contributed by atoms with van der Waals surface area (Å²) in [6, 6.07) is 14.1. The molecule has 10 heteroatoms. The van der Waals surface area contributed by atoms with Crippen molar-refractivity contribution in [2.24, 2.45) is 0 Å². The molecule has 1 heterocycles. The number of hydrogen-bond acceptors (Lipinski definition) is 6. The third-order valence-corrected chi connectivity index (χ3v) is 7.71. The van der Waals surface area contributed by atoms with Gasteiger partial charge in [-0.05, 0) is 59.7 Å². The number of fused-ring (bicyclic) bond motifs is 3. The van der Waals surface area contributed by atoms with E-state index in [9.17, 15) is 28.9 Å². The first-order valence-electron chi connectivity index (χ1n) is 12.2. The first-order chi connectivity index (χ1) is 17.6. The Labute approximate surface area is 272 Å². The predicted molar refractivity (Wildman–Crippen MR) is 136 cm³/mol. The number of carboxylic acid groups (broad SMARTS) is 1. The van der Waals surface area contributed by atoms with Crippen LogP contribution < -0.4 is 69.1 Å². The number of halogens is 1. The van der Waals surface area contributed by atoms with Crippen molar-refractivity contribution < 1.29 is 88.0 Å². The Kier molecular flexibility index (Phi) is 12.6. The molecule has 0 aliphatic heterocycles. The number of aliphatic hydroxyl groups is 1. The van der Waals surface area contributed by atoms with Gasteiger partial charge < -0.3 is 24.5 Å². The van der Waals surface area contributed by atoms with E-state index >= 15 is 0 Å². The number of aryl methyl sites for hydroxylation is 1. The average molecular weight is 565 g/mol. The summed E-state index contributed by atoms with van der Waals surface area (Å²) in [5.74, 6) is 0.765. The predicted octanol–water partition coefficient (Wildman–Crippen LogP) is -2.38. The molecule has 2 atom stereocenters. The zero-order valence-corrected chi connectivity index (χ0v) is 27.6. The third kappa shape index (κ3) is 8.36. The molecule has 2 aromatic carbocycles. The molecule has 0 radical (unpaired) electrons. The molecular weight excluding hydrogens is 538 g/mol. The van der Waals surface area contributed by atoms with Crippen molar-refractivity contribution in [3.8, 4) is 34.0 Å². The summed E-state index contributed by atoms with van der Waals surface area (Å²) in [5, 5.41) is 20.6. The van der Waals surface area contributed by atoms with Gasteiger partial charge in [-0.3, -0.25) is 4.98 Å². The van der Waals surface area contributed by atoms with E-state index in [-0.39, 0.29) is 65.0 Å². The van der Waals surface area contributed by atoms with Crippen molar-refractivity contribution in [3.63, 3.8) is 0 Å². The van der Waals surface area contributed by atoms with Crippen LogP contribution >= 0.6 is 7.37 Å². The fourth-order valence-electron chi connectivity index (χ4n) is 4.73. The SMILES string of the molecule is CC(C)c1nc2c(c(-c3ccc(F)cc3)c1C#CP(=O)([O-])C[C@H](O)CC(=O)[O-])CCCc1ccccc1-2.[Na+].[Na+]. The molecule has 1 aliphatic rings. The number of nitrogens with zero attached hydrogens (tertiary/aromatic N) is 1. The van der Waals surface area contributed by atoms with Gasteiger partial charge in [0.15, 0.2) is 0 Å². The number of aliphatic hydroxyl groups excluding tert-OH is 1. The number of carbonyl (C=O) groups excluding carboxylic acids is 1. The second kappa shape index (κ2) is 14.5. The normalized spacial score (nSPS) is 14.2. The van der Waals surface area contributed by atoms with E-state index in [0.717, 1.165) is 29.7 Å². The Hall–Kier alpha value is -1.30. The Morgan fingerprint density at radius 1 is 1.13 bits per heavy atom. The van der Waals surface area contributed by atoms with Crippen LogP contribution in [0.1, 0.15) is 55.0 Å². The van der Waals surface area contributed by atoms with Crippen LogP contribution in [0.4, 0.5) is 4.39 Å². The van der Waals surface area contributed by atoms with Crippen LogP contribution in [-0.4, -0.2) is 28.3 Å². The molecule has 1 unspecified atom stereocenters. The molecule has 0 saturated heterocycles. The molecule has 1 aliphatic carbocycles. The molecule has 4 rings (SSSR count). The van der Waals surface area contributed by atoms with Crippen LogP contribution in [0.3, 0.4) is 0 Å². The van der Waals surface area contributed by atoms with Crippen LogP contribution in [-0.2, 0) is 22.2 Å². The van der Waals surface area contributed by atoms with Gasteiger partial charge >= 0.3 is 59.1 Å². The topological polar surface area (TPSA) is 113 Å². The van der Waals surface area contributed by atoms with Crippen molar-refractivity contribution in [2.45, 2.75) is 51.6 Å². The van der Waals surface area contributed by atoms with E-state index in [1.54, 1.807) is 12.1 Å². The van der Waals surface area contributed by atoms with Gasteiger partial charge in [0.2, 0.25) is 0 Å². The first-order valence-corrected chi connectivity index (χ1v) is 14.0.